The number of rotatable bonds is 8. The van der Waals surface area contributed by atoms with Gasteiger partial charge >= 0.3 is 0 Å². The van der Waals surface area contributed by atoms with E-state index in [2.05, 4.69) is 15.6 Å². The number of amides is 1. The van der Waals surface area contributed by atoms with Crippen molar-refractivity contribution in [2.75, 3.05) is 30.3 Å². The summed E-state index contributed by atoms with van der Waals surface area (Å²) in [5.74, 6) is -0.330. The van der Waals surface area contributed by atoms with E-state index >= 15 is 0 Å². The Balaban J connectivity index is 2.41. The van der Waals surface area contributed by atoms with Gasteiger partial charge in [-0.25, -0.2) is 8.42 Å². The number of anilines is 2. The summed E-state index contributed by atoms with van der Waals surface area (Å²) in [4.78, 5) is 16.5. The third kappa shape index (κ3) is 4.39. The van der Waals surface area contributed by atoms with E-state index in [0.717, 1.165) is 0 Å². The molecular formula is C18H24N4O3S. The van der Waals surface area contributed by atoms with Crippen molar-refractivity contribution in [3.8, 4) is 0 Å². The second-order valence-electron chi connectivity index (χ2n) is 5.52. The smallest absolute Gasteiger partial charge is 0.255 e. The first-order chi connectivity index (χ1) is 12.4. The molecule has 0 aliphatic carbocycles. The van der Waals surface area contributed by atoms with Crippen LogP contribution in [0.25, 0.3) is 0 Å². The molecule has 2 aromatic rings. The zero-order valence-electron chi connectivity index (χ0n) is 15.2. The van der Waals surface area contributed by atoms with E-state index < -0.39 is 10.0 Å². The van der Waals surface area contributed by atoms with Crippen LogP contribution >= 0.6 is 0 Å². The first-order valence-corrected chi connectivity index (χ1v) is 9.97. The molecule has 0 saturated heterocycles. The summed E-state index contributed by atoms with van der Waals surface area (Å²) in [6.45, 7) is 6.91. The van der Waals surface area contributed by atoms with Crippen LogP contribution in [0.3, 0.4) is 0 Å². The maximum Gasteiger partial charge on any atom is 0.255 e. The minimum atomic E-state index is -3.61. The summed E-state index contributed by atoms with van der Waals surface area (Å²) in [5.41, 5.74) is 1.52. The molecule has 8 heteroatoms. The monoisotopic (exact) mass is 376 g/mol. The predicted octanol–water partition coefficient (Wildman–Crippen LogP) is 2.80. The fourth-order valence-electron chi connectivity index (χ4n) is 2.54. The Morgan fingerprint density at radius 3 is 2.27 bits per heavy atom. The zero-order chi connectivity index (χ0) is 19.2. The molecule has 0 radical (unpaired) electrons. The van der Waals surface area contributed by atoms with Crippen molar-refractivity contribution in [1.29, 1.82) is 0 Å². The molecule has 1 heterocycles. The van der Waals surface area contributed by atoms with Gasteiger partial charge in [-0.05, 0) is 37.3 Å². The summed E-state index contributed by atoms with van der Waals surface area (Å²) >= 11 is 0. The number of carbonyl (C=O) groups excluding carboxylic acids is 1. The van der Waals surface area contributed by atoms with Gasteiger partial charge in [-0.15, -0.1) is 0 Å². The number of hydrogen-bond donors (Lipinski definition) is 2. The van der Waals surface area contributed by atoms with Crippen molar-refractivity contribution in [3.63, 3.8) is 0 Å². The first-order valence-electron chi connectivity index (χ1n) is 8.53. The molecule has 2 N–H and O–H groups in total. The van der Waals surface area contributed by atoms with Crippen molar-refractivity contribution in [1.82, 2.24) is 9.29 Å². The summed E-state index contributed by atoms with van der Waals surface area (Å²) in [5, 5.41) is 5.92. The molecule has 1 aromatic carbocycles. The van der Waals surface area contributed by atoms with Crippen molar-refractivity contribution in [2.24, 2.45) is 0 Å². The lowest BCUT2D eigenvalue weighted by atomic mass is 10.2. The van der Waals surface area contributed by atoms with Crippen LogP contribution in [0.15, 0.2) is 47.6 Å². The van der Waals surface area contributed by atoms with E-state index in [-0.39, 0.29) is 10.8 Å². The molecular weight excluding hydrogens is 352 g/mol. The van der Waals surface area contributed by atoms with Gasteiger partial charge in [0.15, 0.2) is 0 Å². The van der Waals surface area contributed by atoms with Crippen LogP contribution in [0.1, 0.15) is 31.1 Å². The molecule has 0 aliphatic heterocycles. The van der Waals surface area contributed by atoms with Crippen molar-refractivity contribution >= 4 is 27.3 Å². The standard InChI is InChI=1S/C18H24N4O3S/c1-4-20-16-8-7-15(26(24,25)22(5-2)6-3)13-17(16)21-18(23)14-9-11-19-12-10-14/h7-13,20H,4-6H2,1-3H3,(H,21,23). The number of pyridine rings is 1. The Kier molecular flexibility index (Phi) is 6.70. The minimum Gasteiger partial charge on any atom is -0.384 e. The molecule has 2 rings (SSSR count). The molecule has 1 aromatic heterocycles. The van der Waals surface area contributed by atoms with Crippen LogP contribution in [0.5, 0.6) is 0 Å². The number of sulfonamides is 1. The van der Waals surface area contributed by atoms with Crippen LogP contribution in [0.2, 0.25) is 0 Å². The van der Waals surface area contributed by atoms with E-state index in [4.69, 9.17) is 0 Å². The Morgan fingerprint density at radius 1 is 1.04 bits per heavy atom. The molecule has 1 amide bonds. The summed E-state index contributed by atoms with van der Waals surface area (Å²) < 4.78 is 26.9. The minimum absolute atomic E-state index is 0.146. The lowest BCUT2D eigenvalue weighted by Crippen LogP contribution is -2.30. The van der Waals surface area contributed by atoms with Crippen LogP contribution in [-0.2, 0) is 10.0 Å². The average molecular weight is 376 g/mol. The fourth-order valence-corrected chi connectivity index (χ4v) is 4.03. The van der Waals surface area contributed by atoms with Gasteiger partial charge in [0.2, 0.25) is 10.0 Å². The van der Waals surface area contributed by atoms with Gasteiger partial charge in [-0.1, -0.05) is 13.8 Å². The Labute approximate surface area is 154 Å². The van der Waals surface area contributed by atoms with Gasteiger partial charge in [0.1, 0.15) is 0 Å². The number of aromatic nitrogens is 1. The molecule has 0 spiro atoms. The highest BCUT2D eigenvalue weighted by Gasteiger charge is 2.23. The molecule has 7 nitrogen and oxygen atoms in total. The van der Waals surface area contributed by atoms with E-state index in [0.29, 0.717) is 36.6 Å². The maximum absolute atomic E-state index is 12.8. The quantitative estimate of drug-likeness (QED) is 0.739. The highest BCUT2D eigenvalue weighted by atomic mass is 32.2. The number of nitrogens with zero attached hydrogens (tertiary/aromatic N) is 2. The average Bonchev–Trinajstić information content (AvgIpc) is 2.64. The molecule has 0 saturated carbocycles. The predicted molar refractivity (Wildman–Crippen MR) is 103 cm³/mol. The molecule has 0 aliphatic rings. The van der Waals surface area contributed by atoms with E-state index in [1.54, 1.807) is 38.1 Å². The SMILES string of the molecule is CCNc1ccc(S(=O)(=O)N(CC)CC)cc1NC(=O)c1ccncc1. The normalized spacial score (nSPS) is 11.4. The summed E-state index contributed by atoms with van der Waals surface area (Å²) in [6, 6.07) is 7.90. The highest BCUT2D eigenvalue weighted by molar-refractivity contribution is 7.89. The van der Waals surface area contributed by atoms with Crippen LogP contribution in [-0.4, -0.2) is 43.2 Å². The van der Waals surface area contributed by atoms with Crippen LogP contribution in [0, 0.1) is 0 Å². The van der Waals surface area contributed by atoms with E-state index in [1.165, 1.54) is 22.8 Å². The molecule has 140 valence electrons. The lowest BCUT2D eigenvalue weighted by Gasteiger charge is -2.20. The number of carbonyl (C=O) groups is 1. The third-order valence-electron chi connectivity index (χ3n) is 3.89. The summed E-state index contributed by atoms with van der Waals surface area (Å²) in [6.07, 6.45) is 3.06. The Hall–Kier alpha value is -2.45. The van der Waals surface area contributed by atoms with Gasteiger partial charge in [0, 0.05) is 37.6 Å². The zero-order valence-corrected chi connectivity index (χ0v) is 16.0. The Morgan fingerprint density at radius 2 is 1.69 bits per heavy atom. The number of benzene rings is 1. The second kappa shape index (κ2) is 8.77. The molecule has 0 unspecified atom stereocenters. The van der Waals surface area contributed by atoms with Gasteiger partial charge < -0.3 is 10.6 Å². The van der Waals surface area contributed by atoms with Gasteiger partial charge in [0.05, 0.1) is 16.3 Å². The Bertz CT molecular complexity index is 850. The fraction of sp³-hybridized carbons (Fsp3) is 0.333. The topological polar surface area (TPSA) is 91.4 Å². The highest BCUT2D eigenvalue weighted by Crippen LogP contribution is 2.27. The molecule has 26 heavy (non-hydrogen) atoms. The van der Waals surface area contributed by atoms with Gasteiger partial charge in [-0.3, -0.25) is 9.78 Å². The first kappa shape index (κ1) is 19.9. The van der Waals surface area contributed by atoms with Crippen molar-refractivity contribution in [2.45, 2.75) is 25.7 Å². The number of hydrogen-bond acceptors (Lipinski definition) is 5. The van der Waals surface area contributed by atoms with E-state index in [9.17, 15) is 13.2 Å². The van der Waals surface area contributed by atoms with Crippen LogP contribution < -0.4 is 10.6 Å². The van der Waals surface area contributed by atoms with E-state index in [1.807, 2.05) is 6.92 Å². The van der Waals surface area contributed by atoms with Crippen molar-refractivity contribution in [3.05, 3.63) is 48.3 Å². The summed E-state index contributed by atoms with van der Waals surface area (Å²) in [7, 11) is -3.61. The largest absolute Gasteiger partial charge is 0.384 e. The third-order valence-corrected chi connectivity index (χ3v) is 5.94. The molecule has 0 atom stereocenters. The van der Waals surface area contributed by atoms with Gasteiger partial charge in [-0.2, -0.15) is 4.31 Å². The second-order valence-corrected chi connectivity index (χ2v) is 7.45. The molecule has 0 bridgehead atoms. The molecule has 0 fully saturated rings. The maximum atomic E-state index is 12.8. The number of nitrogens with one attached hydrogen (secondary N) is 2. The van der Waals surface area contributed by atoms with Crippen molar-refractivity contribution < 1.29 is 13.2 Å². The lowest BCUT2D eigenvalue weighted by molar-refractivity contribution is 0.102. The van der Waals surface area contributed by atoms with Gasteiger partial charge in [0.25, 0.3) is 5.91 Å². The van der Waals surface area contributed by atoms with Crippen LogP contribution in [0.4, 0.5) is 11.4 Å².